The van der Waals surface area contributed by atoms with Crippen LogP contribution in [0, 0.1) is 0 Å². The molecule has 2 aromatic carbocycles. The number of hydrogen-bond donors (Lipinski definition) is 2. The van der Waals surface area contributed by atoms with Crippen molar-refractivity contribution in [1.29, 1.82) is 0 Å². The van der Waals surface area contributed by atoms with Crippen molar-refractivity contribution in [3.8, 4) is 5.75 Å². The second-order valence-corrected chi connectivity index (χ2v) is 8.41. The maximum Gasteiger partial charge on any atom is 0.261 e. The van der Waals surface area contributed by atoms with E-state index in [1.165, 1.54) is 6.42 Å². The molecule has 2 amide bonds. The van der Waals surface area contributed by atoms with Gasteiger partial charge in [-0.25, -0.2) is 0 Å². The fraction of sp³-hybridized carbons (Fsp3) is 0.400. The topological polar surface area (TPSA) is 79.9 Å². The molecule has 3 rings (SSSR count). The first-order chi connectivity index (χ1) is 16.0. The maximum absolute atomic E-state index is 13.2. The Labute approximate surface area is 200 Å². The predicted molar refractivity (Wildman–Crippen MR) is 133 cm³/mol. The van der Waals surface area contributed by atoms with E-state index in [1.807, 2.05) is 24.1 Å². The molecule has 8 heteroatoms. The number of carbonyl (C=O) groups is 2. The number of amides is 2. The maximum atomic E-state index is 13.2. The summed E-state index contributed by atoms with van der Waals surface area (Å²) in [5.41, 5.74) is 1.43. The van der Waals surface area contributed by atoms with Gasteiger partial charge in [-0.2, -0.15) is 0 Å². The highest BCUT2D eigenvalue weighted by molar-refractivity contribution is 7.80. The molecule has 176 valence electrons. The lowest BCUT2D eigenvalue weighted by molar-refractivity contribution is 0.0697. The standard InChI is InChI=1S/C25H31N3O4S/c1-28(18-10-4-3-5-11-18)24(30)19-12-6-8-14-21(19)26-25(33)27-23(29)20-13-7-9-15-22(20)32-17-16-31-2/h6-9,12-15,18H,3-5,10-11,16-17H2,1-2H3,(H2,26,27,29,33). The summed E-state index contributed by atoms with van der Waals surface area (Å²) in [6, 6.07) is 14.4. The molecule has 1 fully saturated rings. The van der Waals surface area contributed by atoms with Gasteiger partial charge in [-0.1, -0.05) is 43.5 Å². The van der Waals surface area contributed by atoms with Gasteiger partial charge in [0.2, 0.25) is 0 Å². The second-order valence-electron chi connectivity index (χ2n) is 8.00. The summed E-state index contributed by atoms with van der Waals surface area (Å²) in [4.78, 5) is 27.8. The normalized spacial score (nSPS) is 13.8. The zero-order valence-electron chi connectivity index (χ0n) is 19.1. The van der Waals surface area contributed by atoms with Crippen molar-refractivity contribution < 1.29 is 19.1 Å². The van der Waals surface area contributed by atoms with Gasteiger partial charge in [-0.15, -0.1) is 0 Å². The van der Waals surface area contributed by atoms with Gasteiger partial charge in [-0.05, 0) is 49.3 Å². The lowest BCUT2D eigenvalue weighted by Gasteiger charge is -2.31. The third-order valence-electron chi connectivity index (χ3n) is 5.75. The second kappa shape index (κ2) is 12.3. The number of methoxy groups -OCH3 is 1. The fourth-order valence-electron chi connectivity index (χ4n) is 3.94. The van der Waals surface area contributed by atoms with Crippen LogP contribution in [0.1, 0.15) is 52.8 Å². The Balaban J connectivity index is 1.67. The molecule has 0 aromatic heterocycles. The molecule has 1 aliphatic carbocycles. The van der Waals surface area contributed by atoms with E-state index < -0.39 is 5.91 Å². The van der Waals surface area contributed by atoms with Crippen molar-refractivity contribution in [3.05, 3.63) is 59.7 Å². The minimum absolute atomic E-state index is 0.0592. The fourth-order valence-corrected chi connectivity index (χ4v) is 4.14. The van der Waals surface area contributed by atoms with E-state index in [0.717, 1.165) is 25.7 Å². The zero-order valence-corrected chi connectivity index (χ0v) is 20.0. The van der Waals surface area contributed by atoms with E-state index in [2.05, 4.69) is 10.6 Å². The zero-order chi connectivity index (χ0) is 23.6. The van der Waals surface area contributed by atoms with Gasteiger partial charge in [-0.3, -0.25) is 14.9 Å². The highest BCUT2D eigenvalue weighted by atomic mass is 32.1. The minimum atomic E-state index is -0.399. The highest BCUT2D eigenvalue weighted by Gasteiger charge is 2.25. The van der Waals surface area contributed by atoms with Crippen LogP contribution in [-0.4, -0.2) is 55.2 Å². The molecule has 0 atom stereocenters. The number of benzene rings is 2. The van der Waals surface area contributed by atoms with Gasteiger partial charge >= 0.3 is 0 Å². The molecule has 7 nitrogen and oxygen atoms in total. The van der Waals surface area contributed by atoms with Crippen molar-refractivity contribution in [2.75, 3.05) is 32.7 Å². The van der Waals surface area contributed by atoms with E-state index in [4.69, 9.17) is 21.7 Å². The third-order valence-corrected chi connectivity index (χ3v) is 5.96. The molecule has 33 heavy (non-hydrogen) atoms. The molecule has 0 radical (unpaired) electrons. The smallest absolute Gasteiger partial charge is 0.261 e. The SMILES string of the molecule is COCCOc1ccccc1C(=O)NC(=S)Nc1ccccc1C(=O)N(C)C1CCCCC1. The number of carbonyl (C=O) groups excluding carboxylic acids is 2. The molecule has 1 saturated carbocycles. The van der Waals surface area contributed by atoms with E-state index in [-0.39, 0.29) is 17.1 Å². The Morgan fingerprint density at radius 1 is 1.00 bits per heavy atom. The van der Waals surface area contributed by atoms with E-state index in [9.17, 15) is 9.59 Å². The van der Waals surface area contributed by atoms with E-state index >= 15 is 0 Å². The van der Waals surface area contributed by atoms with Crippen molar-refractivity contribution in [2.45, 2.75) is 38.1 Å². The number of nitrogens with zero attached hydrogens (tertiary/aromatic N) is 1. The first-order valence-corrected chi connectivity index (χ1v) is 11.6. The number of nitrogens with one attached hydrogen (secondary N) is 2. The molecule has 2 aromatic rings. The average Bonchev–Trinajstić information content (AvgIpc) is 2.84. The molecule has 0 unspecified atom stereocenters. The number of para-hydroxylation sites is 2. The molecular weight excluding hydrogens is 438 g/mol. The van der Waals surface area contributed by atoms with Crippen LogP contribution in [0.5, 0.6) is 5.75 Å². The van der Waals surface area contributed by atoms with Gasteiger partial charge < -0.3 is 19.7 Å². The molecule has 0 bridgehead atoms. The highest BCUT2D eigenvalue weighted by Crippen LogP contribution is 2.25. The van der Waals surface area contributed by atoms with Crippen molar-refractivity contribution in [2.24, 2.45) is 0 Å². The summed E-state index contributed by atoms with van der Waals surface area (Å²) in [7, 11) is 3.44. The van der Waals surface area contributed by atoms with E-state index in [1.54, 1.807) is 43.5 Å². The largest absolute Gasteiger partial charge is 0.490 e. The Kier molecular flexibility index (Phi) is 9.21. The minimum Gasteiger partial charge on any atom is -0.490 e. The molecule has 0 saturated heterocycles. The summed E-state index contributed by atoms with van der Waals surface area (Å²) in [5.74, 6) is -0.0146. The molecule has 0 spiro atoms. The van der Waals surface area contributed by atoms with Crippen molar-refractivity contribution in [3.63, 3.8) is 0 Å². The van der Waals surface area contributed by atoms with Crippen LogP contribution in [0.4, 0.5) is 5.69 Å². The van der Waals surface area contributed by atoms with Gasteiger partial charge in [0.15, 0.2) is 5.11 Å². The van der Waals surface area contributed by atoms with Crippen LogP contribution >= 0.6 is 12.2 Å². The lowest BCUT2D eigenvalue weighted by Crippen LogP contribution is -2.39. The summed E-state index contributed by atoms with van der Waals surface area (Å²) in [5, 5.41) is 5.80. The van der Waals surface area contributed by atoms with Gasteiger partial charge in [0.05, 0.1) is 23.4 Å². The third kappa shape index (κ3) is 6.76. The van der Waals surface area contributed by atoms with Crippen LogP contribution < -0.4 is 15.4 Å². The van der Waals surface area contributed by atoms with Crippen LogP contribution in [0.2, 0.25) is 0 Å². The Morgan fingerprint density at radius 3 is 2.39 bits per heavy atom. The first-order valence-electron chi connectivity index (χ1n) is 11.2. The van der Waals surface area contributed by atoms with Crippen molar-refractivity contribution >= 4 is 34.8 Å². The first kappa shape index (κ1) is 24.7. The van der Waals surface area contributed by atoms with Crippen LogP contribution in [-0.2, 0) is 4.74 Å². The molecule has 0 heterocycles. The number of thiocarbonyl (C=S) groups is 1. The molecule has 0 aliphatic heterocycles. The van der Waals surface area contributed by atoms with E-state index in [0.29, 0.717) is 35.8 Å². The summed E-state index contributed by atoms with van der Waals surface area (Å²) in [6.07, 6.45) is 5.57. The van der Waals surface area contributed by atoms with Crippen molar-refractivity contribution in [1.82, 2.24) is 10.2 Å². The quantitative estimate of drug-likeness (QED) is 0.445. The Morgan fingerprint density at radius 2 is 1.67 bits per heavy atom. The molecule has 2 N–H and O–H groups in total. The van der Waals surface area contributed by atoms with Gasteiger partial charge in [0, 0.05) is 20.2 Å². The number of hydrogen-bond acceptors (Lipinski definition) is 5. The molecule has 1 aliphatic rings. The van der Waals surface area contributed by atoms with Crippen LogP contribution in [0.15, 0.2) is 48.5 Å². The van der Waals surface area contributed by atoms with Gasteiger partial charge in [0.1, 0.15) is 12.4 Å². The Bertz CT molecular complexity index is 976. The summed E-state index contributed by atoms with van der Waals surface area (Å²) in [6.45, 7) is 0.740. The monoisotopic (exact) mass is 469 g/mol. The lowest BCUT2D eigenvalue weighted by atomic mass is 9.94. The number of rotatable bonds is 8. The summed E-state index contributed by atoms with van der Waals surface area (Å²) >= 11 is 5.37. The van der Waals surface area contributed by atoms with Gasteiger partial charge in [0.25, 0.3) is 11.8 Å². The Hall–Kier alpha value is -2.97. The van der Waals surface area contributed by atoms with Crippen LogP contribution in [0.25, 0.3) is 0 Å². The predicted octanol–water partition coefficient (Wildman–Crippen LogP) is 4.24. The summed E-state index contributed by atoms with van der Waals surface area (Å²) < 4.78 is 10.6. The molecular formula is C25H31N3O4S. The number of anilines is 1. The van der Waals surface area contributed by atoms with Crippen LogP contribution in [0.3, 0.4) is 0 Å². The number of ether oxygens (including phenoxy) is 2. The average molecular weight is 470 g/mol.